The Hall–Kier alpha value is -3.64. The van der Waals surface area contributed by atoms with Gasteiger partial charge in [-0.05, 0) is 52.4 Å². The minimum absolute atomic E-state index is 0.210. The van der Waals surface area contributed by atoms with E-state index in [-0.39, 0.29) is 11.8 Å². The maximum atomic E-state index is 14.3. The summed E-state index contributed by atoms with van der Waals surface area (Å²) < 4.78 is 0. The van der Waals surface area contributed by atoms with Crippen LogP contribution in [0, 0.1) is 0 Å². The van der Waals surface area contributed by atoms with Gasteiger partial charge in [0, 0.05) is 28.6 Å². The Bertz CT molecular complexity index is 1580. The van der Waals surface area contributed by atoms with Crippen LogP contribution in [0.25, 0.3) is 0 Å². The van der Waals surface area contributed by atoms with Gasteiger partial charge in [0.1, 0.15) is 0 Å². The predicted octanol–water partition coefficient (Wildman–Crippen LogP) is 6.29. The van der Waals surface area contributed by atoms with Gasteiger partial charge in [0.15, 0.2) is 0 Å². The van der Waals surface area contributed by atoms with Crippen molar-refractivity contribution < 1.29 is 14.7 Å². The molecule has 4 aromatic rings. The summed E-state index contributed by atoms with van der Waals surface area (Å²) in [7, 11) is 0. The van der Waals surface area contributed by atoms with Crippen LogP contribution in [-0.2, 0) is 17.6 Å². The second-order valence-electron chi connectivity index (χ2n) is 10.3. The Kier molecular flexibility index (Phi) is 7.37. The Morgan fingerprint density at radius 2 is 1.55 bits per heavy atom. The van der Waals surface area contributed by atoms with E-state index >= 15 is 0 Å². The molecule has 0 radical (unpaired) electrons. The standard InChI is InChI=1S/C33H28Cl2N2O3/c34-22-14-15-26(27(35)19-22)31-29(32(39)36-17-16-20-8-2-1-3-9-20)24-12-6-7-13-25(24)33(40)37(31)30-23-11-5-4-10-21(23)18-28(30)38/h1-15,19,28-31,38H,16-18H2,(H,36,39)/t28-,29?,30+,31?/m1/s1. The molecule has 0 fully saturated rings. The average molecular weight is 572 g/mol. The summed E-state index contributed by atoms with van der Waals surface area (Å²) in [6, 6.07) is 28.6. The zero-order valence-electron chi connectivity index (χ0n) is 21.6. The van der Waals surface area contributed by atoms with Crippen LogP contribution >= 0.6 is 23.2 Å². The molecule has 2 aliphatic rings. The predicted molar refractivity (Wildman–Crippen MR) is 157 cm³/mol. The van der Waals surface area contributed by atoms with Crippen molar-refractivity contribution in [2.75, 3.05) is 6.54 Å². The third-order valence-electron chi connectivity index (χ3n) is 7.96. The number of carbonyl (C=O) groups excluding carboxylic acids is 2. The number of hydrogen-bond donors (Lipinski definition) is 2. The van der Waals surface area contributed by atoms with Crippen molar-refractivity contribution in [1.29, 1.82) is 0 Å². The van der Waals surface area contributed by atoms with Gasteiger partial charge in [0.05, 0.1) is 24.1 Å². The molecule has 1 heterocycles. The number of rotatable bonds is 6. The first-order valence-electron chi connectivity index (χ1n) is 13.4. The van der Waals surface area contributed by atoms with E-state index in [0.717, 1.165) is 16.7 Å². The van der Waals surface area contributed by atoms with E-state index in [1.807, 2.05) is 66.7 Å². The molecule has 4 aromatic carbocycles. The molecule has 0 spiro atoms. The number of carbonyl (C=O) groups is 2. The fourth-order valence-corrected chi connectivity index (χ4v) is 6.71. The van der Waals surface area contributed by atoms with Crippen LogP contribution in [0.3, 0.4) is 0 Å². The fraction of sp³-hybridized carbons (Fsp3) is 0.212. The lowest BCUT2D eigenvalue weighted by molar-refractivity contribution is -0.124. The van der Waals surface area contributed by atoms with Crippen molar-refractivity contribution in [3.05, 3.63) is 140 Å². The van der Waals surface area contributed by atoms with Crippen molar-refractivity contribution in [3.8, 4) is 0 Å². The molecule has 2 N–H and O–H groups in total. The molecule has 202 valence electrons. The summed E-state index contributed by atoms with van der Waals surface area (Å²) >= 11 is 13.0. The van der Waals surface area contributed by atoms with E-state index in [1.54, 1.807) is 35.2 Å². The molecule has 4 atom stereocenters. The first kappa shape index (κ1) is 26.6. The molecule has 40 heavy (non-hydrogen) atoms. The van der Waals surface area contributed by atoms with Gasteiger partial charge < -0.3 is 15.3 Å². The highest BCUT2D eigenvalue weighted by Gasteiger charge is 2.50. The number of fused-ring (bicyclic) bond motifs is 2. The van der Waals surface area contributed by atoms with Crippen LogP contribution < -0.4 is 5.32 Å². The van der Waals surface area contributed by atoms with Crippen molar-refractivity contribution in [2.24, 2.45) is 0 Å². The molecule has 1 aliphatic carbocycles. The zero-order chi connectivity index (χ0) is 27.8. The SMILES string of the molecule is O=C(NCCc1ccccc1)C1c2ccccc2C(=O)N([C@H]2c3ccccc3C[C@H]2O)C1c1ccc(Cl)cc1Cl. The zero-order valence-corrected chi connectivity index (χ0v) is 23.1. The molecule has 2 unspecified atom stereocenters. The summed E-state index contributed by atoms with van der Waals surface area (Å²) in [5.41, 5.74) is 4.67. The van der Waals surface area contributed by atoms with E-state index in [2.05, 4.69) is 5.32 Å². The monoisotopic (exact) mass is 570 g/mol. The Balaban J connectivity index is 1.47. The molecule has 6 rings (SSSR count). The molecule has 0 bridgehead atoms. The summed E-state index contributed by atoms with van der Waals surface area (Å²) in [5, 5.41) is 15.3. The van der Waals surface area contributed by atoms with Crippen molar-refractivity contribution >= 4 is 35.0 Å². The second-order valence-corrected chi connectivity index (χ2v) is 11.2. The fourth-order valence-electron chi connectivity index (χ4n) is 6.19. The van der Waals surface area contributed by atoms with E-state index in [4.69, 9.17) is 23.2 Å². The number of aliphatic hydroxyl groups excluding tert-OH is 1. The minimum Gasteiger partial charge on any atom is -0.390 e. The topological polar surface area (TPSA) is 69.6 Å². The summed E-state index contributed by atoms with van der Waals surface area (Å²) in [6.45, 7) is 0.436. The summed E-state index contributed by atoms with van der Waals surface area (Å²) in [4.78, 5) is 30.1. The maximum absolute atomic E-state index is 14.3. The lowest BCUT2D eigenvalue weighted by atomic mass is 9.77. The number of nitrogens with one attached hydrogen (secondary N) is 1. The first-order valence-corrected chi connectivity index (χ1v) is 14.1. The molecular weight excluding hydrogens is 543 g/mol. The number of amides is 2. The van der Waals surface area contributed by atoms with Crippen molar-refractivity contribution in [3.63, 3.8) is 0 Å². The molecule has 7 heteroatoms. The second kappa shape index (κ2) is 11.1. The normalized spacial score (nSPS) is 21.6. The third kappa shape index (κ3) is 4.79. The van der Waals surface area contributed by atoms with Gasteiger partial charge in [-0.15, -0.1) is 0 Å². The molecule has 1 aliphatic heterocycles. The smallest absolute Gasteiger partial charge is 0.255 e. The van der Waals surface area contributed by atoms with Crippen molar-refractivity contribution in [2.45, 2.75) is 36.9 Å². The van der Waals surface area contributed by atoms with Gasteiger partial charge in [-0.3, -0.25) is 9.59 Å². The van der Waals surface area contributed by atoms with Crippen LogP contribution in [0.4, 0.5) is 0 Å². The van der Waals surface area contributed by atoms with E-state index in [1.165, 1.54) is 0 Å². The van der Waals surface area contributed by atoms with E-state index in [9.17, 15) is 14.7 Å². The largest absolute Gasteiger partial charge is 0.390 e. The van der Waals surface area contributed by atoms with Crippen molar-refractivity contribution in [1.82, 2.24) is 10.2 Å². The van der Waals surface area contributed by atoms with Gasteiger partial charge in [0.2, 0.25) is 5.91 Å². The number of aliphatic hydroxyl groups is 1. The first-order chi connectivity index (χ1) is 19.4. The number of halogens is 2. The van der Waals surface area contributed by atoms with Crippen LogP contribution in [0.5, 0.6) is 0 Å². The summed E-state index contributed by atoms with van der Waals surface area (Å²) in [5.74, 6) is -1.22. The highest BCUT2D eigenvalue weighted by Crippen LogP contribution is 2.51. The Morgan fingerprint density at radius 1 is 0.850 bits per heavy atom. The number of nitrogens with zero attached hydrogens (tertiary/aromatic N) is 1. The lowest BCUT2D eigenvalue weighted by Gasteiger charge is -2.46. The van der Waals surface area contributed by atoms with Gasteiger partial charge in [-0.2, -0.15) is 0 Å². The van der Waals surface area contributed by atoms with Gasteiger partial charge in [0.25, 0.3) is 5.91 Å². The van der Waals surface area contributed by atoms with Gasteiger partial charge in [-0.1, -0.05) is 102 Å². The number of benzene rings is 4. The van der Waals surface area contributed by atoms with Crippen LogP contribution in [0.15, 0.2) is 97.1 Å². The molecule has 0 aromatic heterocycles. The van der Waals surface area contributed by atoms with E-state index < -0.39 is 24.1 Å². The highest BCUT2D eigenvalue weighted by atomic mass is 35.5. The van der Waals surface area contributed by atoms with Crippen LogP contribution in [0.1, 0.15) is 56.2 Å². The Labute approximate surface area is 243 Å². The van der Waals surface area contributed by atoms with Gasteiger partial charge >= 0.3 is 0 Å². The third-order valence-corrected chi connectivity index (χ3v) is 8.52. The molecule has 5 nitrogen and oxygen atoms in total. The van der Waals surface area contributed by atoms with Crippen LogP contribution in [-0.4, -0.2) is 34.5 Å². The van der Waals surface area contributed by atoms with Gasteiger partial charge in [-0.25, -0.2) is 0 Å². The maximum Gasteiger partial charge on any atom is 0.255 e. The minimum atomic E-state index is -0.832. The lowest BCUT2D eigenvalue weighted by Crippen LogP contribution is -2.50. The van der Waals surface area contributed by atoms with Crippen LogP contribution in [0.2, 0.25) is 10.0 Å². The molecule has 2 amide bonds. The molecule has 0 saturated carbocycles. The quantitative estimate of drug-likeness (QED) is 0.286. The molecule has 0 saturated heterocycles. The highest BCUT2D eigenvalue weighted by molar-refractivity contribution is 6.35. The average Bonchev–Trinajstić information content (AvgIpc) is 3.29. The molecular formula is C33H28Cl2N2O3. The Morgan fingerprint density at radius 3 is 2.33 bits per heavy atom. The van der Waals surface area contributed by atoms with E-state index in [0.29, 0.717) is 46.1 Å². The summed E-state index contributed by atoms with van der Waals surface area (Å²) in [6.07, 6.45) is 0.258. The number of hydrogen-bond acceptors (Lipinski definition) is 3.